The Bertz CT molecular complexity index is 848. The normalized spacial score (nSPS) is 20.7. The van der Waals surface area contributed by atoms with Crippen LogP contribution in [0.2, 0.25) is 0 Å². The summed E-state index contributed by atoms with van der Waals surface area (Å²) < 4.78 is 16.4. The second-order valence-corrected chi connectivity index (χ2v) is 11.0. The predicted octanol–water partition coefficient (Wildman–Crippen LogP) is 3.95. The number of nitrogens with zero attached hydrogens (tertiary/aromatic N) is 1. The zero-order chi connectivity index (χ0) is 26.7. The number of alkyl carbamates (subject to hydrolysis) is 1. The largest absolute Gasteiger partial charge is 0.445 e. The first-order valence-electron chi connectivity index (χ1n) is 12.3. The molecule has 0 aliphatic heterocycles. The zero-order valence-electron chi connectivity index (χ0n) is 22.2. The maximum atomic E-state index is 13.3. The topological polar surface area (TPSA) is 106 Å². The van der Waals surface area contributed by atoms with Gasteiger partial charge in [0, 0.05) is 20.2 Å². The molecule has 1 saturated carbocycles. The number of methoxy groups -OCH3 is 1. The van der Waals surface area contributed by atoms with E-state index in [9.17, 15) is 14.4 Å². The first-order valence-corrected chi connectivity index (χ1v) is 13.7. The number of carbonyl (C=O) groups excluding carboxylic acids is 3. The number of nitrogens with one attached hydrogen (secondary N) is 2. The molecule has 1 aromatic carbocycles. The fraction of sp³-hybridized carbons (Fsp3) is 0.654. The molecule has 1 fully saturated rings. The van der Waals surface area contributed by atoms with E-state index in [0.717, 1.165) is 12.0 Å². The second kappa shape index (κ2) is 14.3. The fourth-order valence-corrected chi connectivity index (χ4v) is 4.56. The van der Waals surface area contributed by atoms with Crippen molar-refractivity contribution in [2.75, 3.05) is 26.2 Å². The second-order valence-electron chi connectivity index (χ2n) is 9.98. The van der Waals surface area contributed by atoms with E-state index >= 15 is 0 Å². The van der Waals surface area contributed by atoms with E-state index in [4.69, 9.17) is 14.2 Å². The summed E-state index contributed by atoms with van der Waals surface area (Å²) in [6, 6.07) is 7.98. The van der Waals surface area contributed by atoms with E-state index in [2.05, 4.69) is 10.6 Å². The molecule has 1 aliphatic rings. The summed E-state index contributed by atoms with van der Waals surface area (Å²) in [7, 11) is 3.33. The number of benzene rings is 1. The van der Waals surface area contributed by atoms with Gasteiger partial charge in [0.05, 0.1) is 12.1 Å². The molecule has 0 bridgehead atoms. The van der Waals surface area contributed by atoms with Crippen molar-refractivity contribution in [2.24, 2.45) is 0 Å². The Balaban J connectivity index is 2.06. The molecule has 2 N–H and O–H groups in total. The third kappa shape index (κ3) is 9.89. The van der Waals surface area contributed by atoms with Crippen molar-refractivity contribution in [1.82, 2.24) is 15.5 Å². The first-order chi connectivity index (χ1) is 17.0. The van der Waals surface area contributed by atoms with Crippen molar-refractivity contribution in [3.8, 4) is 0 Å². The lowest BCUT2D eigenvalue weighted by molar-refractivity contribution is -0.125. The van der Waals surface area contributed by atoms with Crippen molar-refractivity contribution >= 4 is 29.9 Å². The van der Waals surface area contributed by atoms with Gasteiger partial charge in [-0.2, -0.15) is 11.8 Å². The molecule has 0 radical (unpaired) electrons. The number of hydrogen-bond acceptors (Lipinski definition) is 7. The minimum atomic E-state index is -0.756. The van der Waals surface area contributed by atoms with Gasteiger partial charge in [-0.15, -0.1) is 0 Å². The molecule has 202 valence electrons. The van der Waals surface area contributed by atoms with Gasteiger partial charge in [0.15, 0.2) is 0 Å². The number of carbonyl (C=O) groups is 3. The van der Waals surface area contributed by atoms with Crippen LogP contribution >= 0.6 is 11.8 Å². The highest BCUT2D eigenvalue weighted by atomic mass is 32.2. The van der Waals surface area contributed by atoms with E-state index in [-0.39, 0.29) is 30.7 Å². The number of hydrogen-bond donors (Lipinski definition) is 2. The average Bonchev–Trinajstić information content (AvgIpc) is 2.84. The molecule has 9 nitrogen and oxygen atoms in total. The lowest BCUT2D eigenvalue weighted by Crippen LogP contribution is -2.59. The molecule has 10 heteroatoms. The number of ether oxygens (including phenoxy) is 3. The Kier molecular flexibility index (Phi) is 11.8. The third-order valence-corrected chi connectivity index (χ3v) is 6.68. The van der Waals surface area contributed by atoms with Crippen LogP contribution in [0.3, 0.4) is 0 Å². The molecule has 0 saturated heterocycles. The number of thioether (sulfide) groups is 1. The minimum Gasteiger partial charge on any atom is -0.445 e. The van der Waals surface area contributed by atoms with Crippen LogP contribution in [0.5, 0.6) is 0 Å². The molecule has 0 heterocycles. The van der Waals surface area contributed by atoms with Crippen molar-refractivity contribution in [2.45, 2.75) is 82.9 Å². The summed E-state index contributed by atoms with van der Waals surface area (Å²) >= 11 is 1.59. The molecule has 0 spiro atoms. The summed E-state index contributed by atoms with van der Waals surface area (Å²) in [5.74, 6) is 0.387. The highest BCUT2D eigenvalue weighted by molar-refractivity contribution is 7.98. The van der Waals surface area contributed by atoms with Crippen LogP contribution < -0.4 is 10.6 Å². The molecular formula is C26H41N3O6S. The fourth-order valence-electron chi connectivity index (χ4n) is 4.08. The van der Waals surface area contributed by atoms with Crippen molar-refractivity contribution < 1.29 is 28.6 Å². The molecule has 0 aromatic heterocycles. The van der Waals surface area contributed by atoms with Gasteiger partial charge in [0.2, 0.25) is 5.91 Å². The summed E-state index contributed by atoms with van der Waals surface area (Å²) in [6.07, 6.45) is 3.23. The van der Waals surface area contributed by atoms with E-state index in [1.807, 2.05) is 57.4 Å². The Morgan fingerprint density at radius 3 is 2.47 bits per heavy atom. The maximum absolute atomic E-state index is 13.3. The quantitative estimate of drug-likeness (QED) is 0.478. The average molecular weight is 524 g/mol. The number of amides is 3. The SMILES string of the molecule is CO[C@@H]1CC[C@H](NC(=O)[C@H](CCSC)NC(=O)OCc2ccccc2)[C@@H](N(C)C(=O)OC(C)(C)C)C1. The first kappa shape index (κ1) is 29.8. The lowest BCUT2D eigenvalue weighted by atomic mass is 9.87. The van der Waals surface area contributed by atoms with E-state index in [0.29, 0.717) is 25.0 Å². The molecule has 3 amide bonds. The summed E-state index contributed by atoms with van der Waals surface area (Å²) in [4.78, 5) is 40.1. The zero-order valence-corrected chi connectivity index (χ0v) is 23.1. The molecule has 0 unspecified atom stereocenters. The lowest BCUT2D eigenvalue weighted by Gasteiger charge is -2.41. The van der Waals surface area contributed by atoms with Crippen LogP contribution in [0, 0.1) is 0 Å². The van der Waals surface area contributed by atoms with Crippen LogP contribution in [0.25, 0.3) is 0 Å². The van der Waals surface area contributed by atoms with E-state index in [1.54, 1.807) is 30.8 Å². The van der Waals surface area contributed by atoms with Crippen LogP contribution in [-0.2, 0) is 25.6 Å². The summed E-state index contributed by atoms with van der Waals surface area (Å²) in [5, 5.41) is 5.79. The standard InChI is InChI=1S/C26H41N3O6S/c1-26(2,3)35-25(32)29(4)22-16-19(33-5)12-13-20(22)27-23(30)21(14-15-36-6)28-24(31)34-17-18-10-8-7-9-11-18/h7-11,19-22H,12-17H2,1-6H3,(H,27,30)(H,28,31)/t19-,20+,21+,22+/m1/s1. The smallest absolute Gasteiger partial charge is 0.410 e. The number of likely N-dealkylation sites (N-methyl/N-ethyl adjacent to an activating group) is 1. The van der Waals surface area contributed by atoms with Crippen LogP contribution in [-0.4, -0.2) is 79.0 Å². The summed E-state index contributed by atoms with van der Waals surface area (Å²) in [6.45, 7) is 5.56. The highest BCUT2D eigenvalue weighted by Gasteiger charge is 2.38. The van der Waals surface area contributed by atoms with Gasteiger partial charge in [-0.25, -0.2) is 9.59 Å². The van der Waals surface area contributed by atoms with Gasteiger partial charge in [-0.3, -0.25) is 4.79 Å². The Hall–Kier alpha value is -2.46. The van der Waals surface area contributed by atoms with Gasteiger partial charge in [-0.05, 0) is 64.0 Å². The summed E-state index contributed by atoms with van der Waals surface area (Å²) in [5.41, 5.74) is 0.229. The van der Waals surface area contributed by atoms with Crippen molar-refractivity contribution in [3.63, 3.8) is 0 Å². The van der Waals surface area contributed by atoms with E-state index < -0.39 is 23.8 Å². The number of rotatable bonds is 10. The molecule has 36 heavy (non-hydrogen) atoms. The van der Waals surface area contributed by atoms with Gasteiger partial charge in [0.25, 0.3) is 0 Å². The van der Waals surface area contributed by atoms with Crippen molar-refractivity contribution in [3.05, 3.63) is 35.9 Å². The Morgan fingerprint density at radius 2 is 1.86 bits per heavy atom. The third-order valence-electron chi connectivity index (χ3n) is 6.04. The minimum absolute atomic E-state index is 0.0218. The van der Waals surface area contributed by atoms with Crippen LogP contribution in [0.1, 0.15) is 52.0 Å². The molecule has 4 atom stereocenters. The van der Waals surface area contributed by atoms with Crippen LogP contribution in [0.15, 0.2) is 30.3 Å². The maximum Gasteiger partial charge on any atom is 0.410 e. The molecule has 1 aliphatic carbocycles. The van der Waals surface area contributed by atoms with Crippen molar-refractivity contribution in [1.29, 1.82) is 0 Å². The Labute approximate surface area is 219 Å². The monoisotopic (exact) mass is 523 g/mol. The van der Waals surface area contributed by atoms with Gasteiger partial charge >= 0.3 is 12.2 Å². The Morgan fingerprint density at radius 1 is 1.17 bits per heavy atom. The van der Waals surface area contributed by atoms with Gasteiger partial charge < -0.3 is 29.7 Å². The van der Waals surface area contributed by atoms with Crippen LogP contribution in [0.4, 0.5) is 9.59 Å². The molecule has 2 rings (SSSR count). The highest BCUT2D eigenvalue weighted by Crippen LogP contribution is 2.26. The molecular weight excluding hydrogens is 482 g/mol. The molecule has 1 aromatic rings. The predicted molar refractivity (Wildman–Crippen MR) is 141 cm³/mol. The van der Waals surface area contributed by atoms with Gasteiger partial charge in [-0.1, -0.05) is 30.3 Å². The van der Waals surface area contributed by atoms with Gasteiger partial charge in [0.1, 0.15) is 18.2 Å². The van der Waals surface area contributed by atoms with E-state index in [1.165, 1.54) is 0 Å².